The quantitative estimate of drug-likeness (QED) is 0.281. The van der Waals surface area contributed by atoms with E-state index in [-0.39, 0.29) is 29.1 Å². The Morgan fingerprint density at radius 2 is 1.43 bits per heavy atom. The highest BCUT2D eigenvalue weighted by Gasteiger charge is 2.35. The van der Waals surface area contributed by atoms with Crippen molar-refractivity contribution in [3.63, 3.8) is 0 Å². The molecule has 0 saturated carbocycles. The molecule has 3 aromatic rings. The van der Waals surface area contributed by atoms with Crippen LogP contribution in [0.2, 0.25) is 0 Å². The molecule has 2 atom stereocenters. The summed E-state index contributed by atoms with van der Waals surface area (Å²) in [5.74, 6) is -0.454. The zero-order valence-corrected chi connectivity index (χ0v) is 26.5. The molecule has 9 heteroatoms. The molecule has 226 valence electrons. The van der Waals surface area contributed by atoms with Gasteiger partial charge in [-0.2, -0.15) is 0 Å². The van der Waals surface area contributed by atoms with Crippen LogP contribution in [-0.4, -0.2) is 50.9 Å². The van der Waals surface area contributed by atoms with Gasteiger partial charge in [-0.1, -0.05) is 67.4 Å². The minimum atomic E-state index is -4.20. The number of nitrogens with zero attached hydrogens (tertiary/aromatic N) is 2. The number of hydrogen-bond donors (Lipinski definition) is 1. The topological polar surface area (TPSA) is 96.0 Å². The molecule has 0 aliphatic heterocycles. The van der Waals surface area contributed by atoms with E-state index in [1.165, 1.54) is 24.1 Å². The van der Waals surface area contributed by atoms with E-state index in [0.717, 1.165) is 33.0 Å². The molecule has 0 aliphatic carbocycles. The first-order valence-corrected chi connectivity index (χ1v) is 15.7. The Hall–Kier alpha value is -3.85. The lowest BCUT2D eigenvalue weighted by atomic mass is 10.1. The van der Waals surface area contributed by atoms with Crippen molar-refractivity contribution in [3.05, 3.63) is 89.0 Å². The van der Waals surface area contributed by atoms with Crippen molar-refractivity contribution in [1.29, 1.82) is 0 Å². The summed E-state index contributed by atoms with van der Waals surface area (Å²) in [4.78, 5) is 29.2. The van der Waals surface area contributed by atoms with Gasteiger partial charge in [0.05, 0.1) is 17.7 Å². The molecule has 2 unspecified atom stereocenters. The van der Waals surface area contributed by atoms with Crippen LogP contribution >= 0.6 is 0 Å². The lowest BCUT2D eigenvalue weighted by Gasteiger charge is -2.34. The van der Waals surface area contributed by atoms with Gasteiger partial charge in [-0.15, -0.1) is 0 Å². The van der Waals surface area contributed by atoms with Gasteiger partial charge < -0.3 is 15.0 Å². The maximum absolute atomic E-state index is 14.3. The van der Waals surface area contributed by atoms with Crippen molar-refractivity contribution >= 4 is 27.5 Å². The third-order valence-electron chi connectivity index (χ3n) is 7.35. The molecule has 0 bridgehead atoms. The number of carbonyl (C=O) groups excluding carboxylic acids is 2. The van der Waals surface area contributed by atoms with Crippen LogP contribution in [0.1, 0.15) is 55.9 Å². The third kappa shape index (κ3) is 7.91. The lowest BCUT2D eigenvalue weighted by Crippen LogP contribution is -2.53. The van der Waals surface area contributed by atoms with E-state index >= 15 is 0 Å². The fraction of sp³-hybridized carbons (Fsp3) is 0.394. The Morgan fingerprint density at radius 3 is 1.98 bits per heavy atom. The van der Waals surface area contributed by atoms with Crippen LogP contribution in [0.4, 0.5) is 5.69 Å². The van der Waals surface area contributed by atoms with Crippen LogP contribution in [0.5, 0.6) is 5.75 Å². The molecule has 0 saturated heterocycles. The number of rotatable bonds is 13. The van der Waals surface area contributed by atoms with E-state index in [4.69, 9.17) is 4.74 Å². The van der Waals surface area contributed by atoms with Crippen molar-refractivity contribution in [2.45, 2.75) is 77.9 Å². The zero-order valence-electron chi connectivity index (χ0n) is 25.7. The van der Waals surface area contributed by atoms with Crippen LogP contribution in [-0.2, 0) is 26.2 Å². The Morgan fingerprint density at radius 1 is 0.857 bits per heavy atom. The number of benzene rings is 3. The summed E-state index contributed by atoms with van der Waals surface area (Å²) in [5.41, 5.74) is 3.87. The first-order valence-electron chi connectivity index (χ1n) is 14.3. The van der Waals surface area contributed by atoms with Gasteiger partial charge in [0.15, 0.2) is 0 Å². The SMILES string of the molecule is CCC(C)NC(=O)C(CC)N(Cc1ccc(C)cc1)C(=O)CN(c1cc(C)ccc1OC)S(=O)(=O)c1ccc(C)cc1. The summed E-state index contributed by atoms with van der Waals surface area (Å²) < 4.78 is 34.9. The van der Waals surface area contributed by atoms with Gasteiger partial charge in [-0.3, -0.25) is 13.9 Å². The first-order chi connectivity index (χ1) is 19.9. The number of amides is 2. The Kier molecular flexibility index (Phi) is 11.2. The lowest BCUT2D eigenvalue weighted by molar-refractivity contribution is -0.140. The number of aryl methyl sites for hydroxylation is 3. The van der Waals surface area contributed by atoms with Crippen molar-refractivity contribution < 1.29 is 22.7 Å². The van der Waals surface area contributed by atoms with Crippen molar-refractivity contribution in [2.24, 2.45) is 0 Å². The van der Waals surface area contributed by atoms with Crippen LogP contribution in [0.3, 0.4) is 0 Å². The Labute approximate surface area is 250 Å². The average molecular weight is 594 g/mol. The van der Waals surface area contributed by atoms with Crippen LogP contribution in [0, 0.1) is 20.8 Å². The second kappa shape index (κ2) is 14.4. The zero-order chi connectivity index (χ0) is 31.0. The summed E-state index contributed by atoms with van der Waals surface area (Å²) in [6.45, 7) is 11.1. The van der Waals surface area contributed by atoms with Crippen molar-refractivity contribution in [3.8, 4) is 5.75 Å². The van der Waals surface area contributed by atoms with E-state index < -0.39 is 28.5 Å². The number of ether oxygens (including phenoxy) is 1. The van der Waals surface area contributed by atoms with E-state index in [2.05, 4.69) is 5.32 Å². The number of nitrogens with one attached hydrogen (secondary N) is 1. The van der Waals surface area contributed by atoms with Gasteiger partial charge in [0.1, 0.15) is 18.3 Å². The fourth-order valence-corrected chi connectivity index (χ4v) is 6.01. The van der Waals surface area contributed by atoms with Gasteiger partial charge in [0.2, 0.25) is 11.8 Å². The number of hydrogen-bond acceptors (Lipinski definition) is 5. The molecule has 0 heterocycles. The van der Waals surface area contributed by atoms with Gasteiger partial charge >= 0.3 is 0 Å². The maximum Gasteiger partial charge on any atom is 0.264 e. The summed E-state index contributed by atoms with van der Waals surface area (Å²) in [6, 6.07) is 18.6. The molecule has 3 rings (SSSR count). The Bertz CT molecular complexity index is 1470. The standard InChI is InChI=1S/C33H43N3O5S/c1-8-26(6)34-33(38)29(9-2)35(21-27-15-10-23(3)11-16-27)32(37)22-36(30-20-25(5)14-19-31(30)41-7)42(39,40)28-17-12-24(4)13-18-28/h10-20,26,29H,8-9,21-22H2,1-7H3,(H,34,38). The smallest absolute Gasteiger partial charge is 0.264 e. The number of anilines is 1. The van der Waals surface area contributed by atoms with Gasteiger partial charge in [0.25, 0.3) is 10.0 Å². The highest BCUT2D eigenvalue weighted by Crippen LogP contribution is 2.34. The summed E-state index contributed by atoms with van der Waals surface area (Å²) in [7, 11) is -2.74. The first kappa shape index (κ1) is 32.7. The summed E-state index contributed by atoms with van der Waals surface area (Å²) in [5, 5.41) is 3.00. The van der Waals surface area contributed by atoms with Crippen molar-refractivity contribution in [2.75, 3.05) is 18.0 Å². The molecular weight excluding hydrogens is 550 g/mol. The molecule has 3 aromatic carbocycles. The normalized spacial score (nSPS) is 12.7. The third-order valence-corrected chi connectivity index (χ3v) is 9.13. The van der Waals surface area contributed by atoms with E-state index in [0.29, 0.717) is 12.2 Å². The number of carbonyl (C=O) groups is 2. The van der Waals surface area contributed by atoms with Crippen LogP contribution < -0.4 is 14.4 Å². The van der Waals surface area contributed by atoms with E-state index in [1.54, 1.807) is 24.3 Å². The van der Waals surface area contributed by atoms with Crippen LogP contribution in [0.15, 0.2) is 71.6 Å². The molecular formula is C33H43N3O5S. The van der Waals surface area contributed by atoms with Gasteiger partial charge in [0, 0.05) is 12.6 Å². The monoisotopic (exact) mass is 593 g/mol. The molecule has 0 radical (unpaired) electrons. The Balaban J connectivity index is 2.12. The van der Waals surface area contributed by atoms with Crippen molar-refractivity contribution in [1.82, 2.24) is 10.2 Å². The second-order valence-electron chi connectivity index (χ2n) is 10.7. The highest BCUT2D eigenvalue weighted by atomic mass is 32.2. The predicted molar refractivity (Wildman–Crippen MR) is 167 cm³/mol. The highest BCUT2D eigenvalue weighted by molar-refractivity contribution is 7.92. The molecule has 42 heavy (non-hydrogen) atoms. The van der Waals surface area contributed by atoms with E-state index in [1.807, 2.05) is 71.9 Å². The van der Waals surface area contributed by atoms with Gasteiger partial charge in [-0.25, -0.2) is 8.42 Å². The number of methoxy groups -OCH3 is 1. The van der Waals surface area contributed by atoms with E-state index in [9.17, 15) is 18.0 Å². The minimum Gasteiger partial charge on any atom is -0.495 e. The fourth-order valence-electron chi connectivity index (χ4n) is 4.60. The summed E-state index contributed by atoms with van der Waals surface area (Å²) >= 11 is 0. The largest absolute Gasteiger partial charge is 0.495 e. The maximum atomic E-state index is 14.3. The van der Waals surface area contributed by atoms with Gasteiger partial charge in [-0.05, 0) is 75.9 Å². The molecule has 0 aliphatic rings. The number of sulfonamides is 1. The molecule has 0 spiro atoms. The molecule has 2 amide bonds. The molecule has 1 N–H and O–H groups in total. The molecule has 0 aromatic heterocycles. The summed E-state index contributed by atoms with van der Waals surface area (Å²) in [6.07, 6.45) is 1.10. The average Bonchev–Trinajstić information content (AvgIpc) is 2.96. The molecule has 8 nitrogen and oxygen atoms in total. The predicted octanol–water partition coefficient (Wildman–Crippen LogP) is 5.54. The molecule has 0 fully saturated rings. The minimum absolute atomic E-state index is 0.0519. The van der Waals surface area contributed by atoms with Crippen LogP contribution in [0.25, 0.3) is 0 Å². The second-order valence-corrected chi connectivity index (χ2v) is 12.6.